The molecule has 5 N–H and O–H groups in total. The van der Waals surface area contributed by atoms with Gasteiger partial charge in [0.05, 0.1) is 25.8 Å². The third-order valence-electron chi connectivity index (χ3n) is 5.92. The lowest BCUT2D eigenvalue weighted by molar-refractivity contribution is -0.919. The number of quaternary nitrogens is 2. The van der Waals surface area contributed by atoms with Crippen molar-refractivity contribution in [3.63, 3.8) is 0 Å². The SMILES string of the molecule is CC(C)C[NH+]1CCCC1C1NC(C2CCC(N(C)C)[NH2+]C2)NO1. The van der Waals surface area contributed by atoms with Crippen LogP contribution in [0.5, 0.6) is 0 Å². The van der Waals surface area contributed by atoms with E-state index in [-0.39, 0.29) is 6.23 Å². The van der Waals surface area contributed by atoms with Gasteiger partial charge in [-0.25, -0.2) is 0 Å². The standard InChI is InChI=1S/C17H35N5O/c1-12(2)11-22-9-5-6-14(22)17-19-16(20-23-17)13-7-8-15(18-10-13)21(3)4/h12-20H,5-11H2,1-4H3/p+2. The molecule has 23 heavy (non-hydrogen) atoms. The lowest BCUT2D eigenvalue weighted by atomic mass is 9.94. The maximum atomic E-state index is 5.98. The zero-order valence-electron chi connectivity index (χ0n) is 15.3. The van der Waals surface area contributed by atoms with Crippen LogP contribution in [0.25, 0.3) is 0 Å². The minimum Gasteiger partial charge on any atom is -0.331 e. The highest BCUT2D eigenvalue weighted by atomic mass is 16.7. The molecular formula is C17H37N5O+2. The van der Waals surface area contributed by atoms with E-state index in [9.17, 15) is 0 Å². The lowest BCUT2D eigenvalue weighted by Gasteiger charge is -2.33. The number of likely N-dealkylation sites (tertiary alicyclic amines) is 1. The summed E-state index contributed by atoms with van der Waals surface area (Å²) in [5.41, 5.74) is 3.31. The first-order valence-electron chi connectivity index (χ1n) is 9.56. The Morgan fingerprint density at radius 1 is 1.26 bits per heavy atom. The summed E-state index contributed by atoms with van der Waals surface area (Å²) in [6, 6.07) is 0.608. The van der Waals surface area contributed by atoms with E-state index in [2.05, 4.69) is 49.0 Å². The fourth-order valence-electron chi connectivity index (χ4n) is 4.63. The molecule has 3 heterocycles. The van der Waals surface area contributed by atoms with Crippen LogP contribution in [0.4, 0.5) is 0 Å². The van der Waals surface area contributed by atoms with Crippen LogP contribution in [0.2, 0.25) is 0 Å². The van der Waals surface area contributed by atoms with Crippen LogP contribution in [-0.4, -0.2) is 63.2 Å². The van der Waals surface area contributed by atoms with E-state index >= 15 is 0 Å². The molecule has 0 aromatic carbocycles. The molecule has 3 saturated heterocycles. The molecular weight excluding hydrogens is 290 g/mol. The molecule has 134 valence electrons. The van der Waals surface area contributed by atoms with E-state index in [0.29, 0.717) is 24.3 Å². The Kier molecular flexibility index (Phi) is 5.93. The Labute approximate surface area is 141 Å². The molecule has 0 aromatic heterocycles. The van der Waals surface area contributed by atoms with Crippen LogP contribution in [0, 0.1) is 11.8 Å². The molecule has 0 saturated carbocycles. The van der Waals surface area contributed by atoms with E-state index in [1.54, 1.807) is 4.90 Å². The third kappa shape index (κ3) is 4.24. The van der Waals surface area contributed by atoms with Crippen LogP contribution in [0.3, 0.4) is 0 Å². The second-order valence-corrected chi connectivity index (χ2v) is 8.40. The predicted octanol–water partition coefficient (Wildman–Crippen LogP) is -1.67. The molecule has 0 bridgehead atoms. The Morgan fingerprint density at radius 2 is 2.09 bits per heavy atom. The molecule has 6 atom stereocenters. The van der Waals surface area contributed by atoms with E-state index in [4.69, 9.17) is 4.84 Å². The highest BCUT2D eigenvalue weighted by Crippen LogP contribution is 2.19. The number of hydrogen-bond acceptors (Lipinski definition) is 4. The predicted molar refractivity (Wildman–Crippen MR) is 90.5 cm³/mol. The van der Waals surface area contributed by atoms with Crippen molar-refractivity contribution in [2.24, 2.45) is 11.8 Å². The van der Waals surface area contributed by atoms with Gasteiger partial charge in [-0.3, -0.25) is 15.1 Å². The number of hydrogen-bond donors (Lipinski definition) is 4. The van der Waals surface area contributed by atoms with Crippen molar-refractivity contribution < 1.29 is 15.1 Å². The number of nitrogens with zero attached hydrogens (tertiary/aromatic N) is 1. The first-order chi connectivity index (χ1) is 11.0. The highest BCUT2D eigenvalue weighted by molar-refractivity contribution is 4.83. The van der Waals surface area contributed by atoms with Gasteiger partial charge in [-0.15, -0.1) is 0 Å². The summed E-state index contributed by atoms with van der Waals surface area (Å²) in [5, 5.41) is 6.24. The maximum Gasteiger partial charge on any atom is 0.183 e. The summed E-state index contributed by atoms with van der Waals surface area (Å²) < 4.78 is 0. The van der Waals surface area contributed by atoms with Gasteiger partial charge < -0.3 is 10.2 Å². The van der Waals surface area contributed by atoms with Crippen molar-refractivity contribution in [1.29, 1.82) is 0 Å². The molecule has 0 amide bonds. The molecule has 6 heteroatoms. The number of rotatable bonds is 5. The third-order valence-corrected chi connectivity index (χ3v) is 5.92. The number of hydroxylamine groups is 1. The van der Waals surface area contributed by atoms with Crippen LogP contribution in [0.15, 0.2) is 0 Å². The normalized spacial score (nSPS) is 42.0. The van der Waals surface area contributed by atoms with Gasteiger partial charge in [-0.05, 0) is 20.5 Å². The van der Waals surface area contributed by atoms with Gasteiger partial charge in [-0.1, -0.05) is 13.8 Å². The molecule has 0 spiro atoms. The van der Waals surface area contributed by atoms with E-state index in [0.717, 1.165) is 5.92 Å². The molecule has 3 rings (SSSR count). The quantitative estimate of drug-likeness (QED) is 0.488. The zero-order valence-corrected chi connectivity index (χ0v) is 15.3. The highest BCUT2D eigenvalue weighted by Gasteiger charge is 2.43. The average Bonchev–Trinajstić information content (AvgIpc) is 3.15. The van der Waals surface area contributed by atoms with Crippen molar-refractivity contribution >= 4 is 0 Å². The van der Waals surface area contributed by atoms with E-state index in [1.165, 1.54) is 45.3 Å². The van der Waals surface area contributed by atoms with Gasteiger partial charge in [-0.2, -0.15) is 5.48 Å². The molecule has 6 unspecified atom stereocenters. The Morgan fingerprint density at radius 3 is 2.74 bits per heavy atom. The topological polar surface area (TPSA) is 57.6 Å². The van der Waals surface area contributed by atoms with Gasteiger partial charge >= 0.3 is 0 Å². The van der Waals surface area contributed by atoms with Crippen molar-refractivity contribution in [2.75, 3.05) is 33.7 Å². The fraction of sp³-hybridized carbons (Fsp3) is 1.00. The summed E-state index contributed by atoms with van der Waals surface area (Å²) in [7, 11) is 4.36. The average molecular weight is 328 g/mol. The van der Waals surface area contributed by atoms with Gasteiger partial charge in [0.25, 0.3) is 0 Å². The van der Waals surface area contributed by atoms with Gasteiger partial charge in [0.1, 0.15) is 12.2 Å². The maximum absolute atomic E-state index is 5.98. The fourth-order valence-corrected chi connectivity index (χ4v) is 4.63. The van der Waals surface area contributed by atoms with Crippen LogP contribution >= 0.6 is 0 Å². The smallest absolute Gasteiger partial charge is 0.183 e. The molecule has 6 nitrogen and oxygen atoms in total. The summed E-state index contributed by atoms with van der Waals surface area (Å²) in [5.74, 6) is 1.41. The first kappa shape index (κ1) is 17.6. The summed E-state index contributed by atoms with van der Waals surface area (Å²) >= 11 is 0. The Balaban J connectivity index is 1.49. The molecule has 0 aromatic rings. The second kappa shape index (κ2) is 7.76. The van der Waals surface area contributed by atoms with Crippen LogP contribution in [0.1, 0.15) is 39.5 Å². The van der Waals surface area contributed by atoms with Gasteiger partial charge in [0.2, 0.25) is 0 Å². The number of piperidine rings is 1. The van der Waals surface area contributed by atoms with Crippen molar-refractivity contribution in [3.05, 3.63) is 0 Å². The number of nitrogens with two attached hydrogens (primary N) is 1. The van der Waals surface area contributed by atoms with Crippen LogP contribution in [-0.2, 0) is 4.84 Å². The minimum atomic E-state index is 0.183. The first-order valence-corrected chi connectivity index (χ1v) is 9.56. The molecule has 3 aliphatic rings. The van der Waals surface area contributed by atoms with Crippen molar-refractivity contribution in [3.8, 4) is 0 Å². The summed E-state index contributed by atoms with van der Waals surface area (Å²) in [4.78, 5) is 10.0. The monoisotopic (exact) mass is 327 g/mol. The Bertz CT molecular complexity index is 370. The summed E-state index contributed by atoms with van der Waals surface area (Å²) in [6.45, 7) is 8.39. The molecule has 0 radical (unpaired) electrons. The Hall–Kier alpha value is -0.240. The number of nitrogens with one attached hydrogen (secondary N) is 3. The van der Waals surface area contributed by atoms with E-state index < -0.39 is 0 Å². The largest absolute Gasteiger partial charge is 0.331 e. The molecule has 0 aliphatic carbocycles. The van der Waals surface area contributed by atoms with Gasteiger partial charge in [0, 0.05) is 31.1 Å². The van der Waals surface area contributed by atoms with Crippen LogP contribution < -0.4 is 21.0 Å². The zero-order chi connectivity index (χ0) is 16.4. The molecule has 3 aliphatic heterocycles. The van der Waals surface area contributed by atoms with E-state index in [1.807, 2.05) is 0 Å². The minimum absolute atomic E-state index is 0.183. The lowest BCUT2D eigenvalue weighted by Crippen LogP contribution is -3.15. The van der Waals surface area contributed by atoms with Gasteiger partial charge in [0.15, 0.2) is 6.23 Å². The molecule has 3 fully saturated rings. The summed E-state index contributed by atoms with van der Waals surface area (Å²) in [6.07, 6.45) is 6.30. The van der Waals surface area contributed by atoms with Crippen molar-refractivity contribution in [2.45, 2.75) is 64.1 Å². The van der Waals surface area contributed by atoms with Crippen molar-refractivity contribution in [1.82, 2.24) is 15.7 Å². The second-order valence-electron chi connectivity index (χ2n) is 8.40.